The second-order valence-electron chi connectivity index (χ2n) is 10.3. The van der Waals surface area contributed by atoms with Gasteiger partial charge in [0.15, 0.2) is 0 Å². The van der Waals surface area contributed by atoms with Crippen LogP contribution in [-0.4, -0.2) is 58.9 Å². The number of Topliss-reactive ketones (excluding diaryl/α,β-unsaturated/α-hetero) is 1. The summed E-state index contributed by atoms with van der Waals surface area (Å²) < 4.78 is 0. The maximum atomic E-state index is 12.9. The Bertz CT molecular complexity index is 1240. The van der Waals surface area contributed by atoms with E-state index in [-0.39, 0.29) is 25.1 Å². The summed E-state index contributed by atoms with van der Waals surface area (Å²) in [5.41, 5.74) is -1.79. The molecule has 11 heteroatoms. The molecule has 0 fully saturated rings. The van der Waals surface area contributed by atoms with Crippen LogP contribution in [-0.2, 0) is 25.7 Å². The van der Waals surface area contributed by atoms with E-state index in [1.165, 1.54) is 12.3 Å². The van der Waals surface area contributed by atoms with E-state index < -0.39 is 52.1 Å². The fraction of sp³-hybridized carbons (Fsp3) is 0.429. The second-order valence-corrected chi connectivity index (χ2v) is 10.3. The lowest BCUT2D eigenvalue weighted by Crippen LogP contribution is -2.65. The Hall–Kier alpha value is -4.12. The molecule has 11 nitrogen and oxygen atoms in total. The molecule has 0 saturated heterocycles. The third-order valence-electron chi connectivity index (χ3n) is 6.55. The minimum atomic E-state index is -1.45. The molecule has 0 spiro atoms. The van der Waals surface area contributed by atoms with Gasteiger partial charge in [-0.05, 0) is 30.4 Å². The van der Waals surface area contributed by atoms with E-state index in [0.29, 0.717) is 6.29 Å². The molecule has 0 aliphatic rings. The number of rotatable bonds is 13. The largest absolute Gasteiger partial charge is 0.345 e. The Morgan fingerprint density at radius 1 is 1.05 bits per heavy atom. The van der Waals surface area contributed by atoms with Crippen LogP contribution in [0.15, 0.2) is 53.5 Å². The van der Waals surface area contributed by atoms with Gasteiger partial charge in [-0.15, -0.1) is 0 Å². The lowest BCUT2D eigenvalue weighted by molar-refractivity contribution is -0.140. The van der Waals surface area contributed by atoms with Crippen molar-refractivity contribution in [2.75, 3.05) is 6.54 Å². The van der Waals surface area contributed by atoms with Gasteiger partial charge in [-0.3, -0.25) is 24.0 Å². The van der Waals surface area contributed by atoms with Crippen LogP contribution in [0.25, 0.3) is 0 Å². The standard InChI is InChI=1S/C28H37N5O6/c1-6-21(23(36)26(39)30-15-19-10-8-7-9-11-19)32-24(37)18(2)31-16-28(17-34,27(3,4)5)33-25(38)20-12-13-29-22(35)14-20/h7-14,17-18,21,31H,6,15-16H2,1-5H3,(H,29,35)(H,30,39)(H,32,37)(H,33,38). The number of carbonyl (C=O) groups excluding carboxylic acids is 5. The highest BCUT2D eigenvalue weighted by atomic mass is 16.2. The van der Waals surface area contributed by atoms with E-state index in [1.807, 2.05) is 30.3 Å². The zero-order valence-electron chi connectivity index (χ0n) is 22.9. The fourth-order valence-electron chi connectivity index (χ4n) is 3.69. The third kappa shape index (κ3) is 8.44. The van der Waals surface area contributed by atoms with Crippen LogP contribution in [0, 0.1) is 5.41 Å². The van der Waals surface area contributed by atoms with Gasteiger partial charge >= 0.3 is 0 Å². The number of amides is 3. The predicted octanol–water partition coefficient (Wildman–Crippen LogP) is 0.847. The first-order valence-corrected chi connectivity index (χ1v) is 12.7. The highest BCUT2D eigenvalue weighted by Gasteiger charge is 2.44. The molecule has 2 rings (SSSR count). The summed E-state index contributed by atoms with van der Waals surface area (Å²) in [7, 11) is 0. The molecule has 3 unspecified atom stereocenters. The normalized spacial score (nSPS) is 14.3. The zero-order valence-corrected chi connectivity index (χ0v) is 22.9. The number of carbonyl (C=O) groups is 5. The highest BCUT2D eigenvalue weighted by Crippen LogP contribution is 2.29. The van der Waals surface area contributed by atoms with Crippen LogP contribution >= 0.6 is 0 Å². The number of aldehydes is 1. The molecule has 0 bridgehead atoms. The van der Waals surface area contributed by atoms with Crippen molar-refractivity contribution in [1.29, 1.82) is 0 Å². The molecule has 2 aromatic rings. The van der Waals surface area contributed by atoms with Gasteiger partial charge in [0.05, 0.1) is 12.1 Å². The first-order chi connectivity index (χ1) is 18.3. The van der Waals surface area contributed by atoms with E-state index in [1.54, 1.807) is 34.6 Å². The van der Waals surface area contributed by atoms with Crippen LogP contribution in [0.4, 0.5) is 0 Å². The lowest BCUT2D eigenvalue weighted by Gasteiger charge is -2.41. The summed E-state index contributed by atoms with van der Waals surface area (Å²) in [6.07, 6.45) is 2.13. The molecule has 1 heterocycles. The number of aromatic nitrogens is 1. The Balaban J connectivity index is 2.04. The van der Waals surface area contributed by atoms with Gasteiger partial charge in [0.25, 0.3) is 11.8 Å². The Kier molecular flexibility index (Phi) is 10.9. The molecular weight excluding hydrogens is 502 g/mol. The molecule has 0 saturated carbocycles. The fourth-order valence-corrected chi connectivity index (χ4v) is 3.69. The summed E-state index contributed by atoms with van der Waals surface area (Å²) in [5, 5.41) is 10.8. The van der Waals surface area contributed by atoms with Crippen molar-refractivity contribution in [3.8, 4) is 0 Å². The van der Waals surface area contributed by atoms with Gasteiger partial charge < -0.3 is 31.0 Å². The van der Waals surface area contributed by atoms with Gasteiger partial charge in [0.1, 0.15) is 11.8 Å². The van der Waals surface area contributed by atoms with E-state index >= 15 is 0 Å². The Labute approximate surface area is 227 Å². The third-order valence-corrected chi connectivity index (χ3v) is 6.55. The first kappa shape index (κ1) is 31.1. The Morgan fingerprint density at radius 3 is 2.28 bits per heavy atom. The maximum absolute atomic E-state index is 12.9. The summed E-state index contributed by atoms with van der Waals surface area (Å²) in [4.78, 5) is 77.2. The average molecular weight is 540 g/mol. The number of hydrogen-bond donors (Lipinski definition) is 5. The number of benzene rings is 1. The van der Waals surface area contributed by atoms with Crippen molar-refractivity contribution in [1.82, 2.24) is 26.3 Å². The van der Waals surface area contributed by atoms with Gasteiger partial charge in [0.2, 0.25) is 17.2 Å². The number of H-pyrrole nitrogens is 1. The molecule has 0 aliphatic heterocycles. The smallest absolute Gasteiger partial charge is 0.289 e. The van der Waals surface area contributed by atoms with E-state index in [4.69, 9.17) is 0 Å². The molecule has 1 aromatic carbocycles. The molecule has 5 N–H and O–H groups in total. The van der Waals surface area contributed by atoms with Crippen molar-refractivity contribution in [2.45, 2.75) is 65.2 Å². The molecule has 0 aliphatic carbocycles. The summed E-state index contributed by atoms with van der Waals surface area (Å²) >= 11 is 0. The minimum absolute atomic E-state index is 0.0786. The molecule has 39 heavy (non-hydrogen) atoms. The highest BCUT2D eigenvalue weighted by molar-refractivity contribution is 6.38. The minimum Gasteiger partial charge on any atom is -0.345 e. The maximum Gasteiger partial charge on any atom is 0.289 e. The van der Waals surface area contributed by atoms with Gasteiger partial charge in [0, 0.05) is 30.9 Å². The predicted molar refractivity (Wildman–Crippen MR) is 146 cm³/mol. The number of ketones is 1. The van der Waals surface area contributed by atoms with Crippen molar-refractivity contribution >= 4 is 29.8 Å². The van der Waals surface area contributed by atoms with Crippen LogP contribution in [0.5, 0.6) is 0 Å². The van der Waals surface area contributed by atoms with Crippen molar-refractivity contribution in [3.63, 3.8) is 0 Å². The molecular formula is C28H37N5O6. The average Bonchev–Trinajstić information content (AvgIpc) is 2.91. The van der Waals surface area contributed by atoms with E-state index in [9.17, 15) is 28.8 Å². The number of hydrogen-bond acceptors (Lipinski definition) is 7. The first-order valence-electron chi connectivity index (χ1n) is 12.7. The van der Waals surface area contributed by atoms with Crippen molar-refractivity contribution < 1.29 is 24.0 Å². The van der Waals surface area contributed by atoms with Gasteiger partial charge in [-0.2, -0.15) is 0 Å². The van der Waals surface area contributed by atoms with Crippen LogP contribution in [0.2, 0.25) is 0 Å². The van der Waals surface area contributed by atoms with Crippen LogP contribution in [0.3, 0.4) is 0 Å². The van der Waals surface area contributed by atoms with Gasteiger partial charge in [-0.25, -0.2) is 0 Å². The molecule has 1 aromatic heterocycles. The quantitative estimate of drug-likeness (QED) is 0.186. The summed E-state index contributed by atoms with van der Waals surface area (Å²) in [6, 6.07) is 9.73. The number of pyridine rings is 1. The summed E-state index contributed by atoms with van der Waals surface area (Å²) in [6.45, 7) is 8.54. The Morgan fingerprint density at radius 2 is 1.72 bits per heavy atom. The van der Waals surface area contributed by atoms with E-state index in [2.05, 4.69) is 26.3 Å². The monoisotopic (exact) mass is 539 g/mol. The van der Waals surface area contributed by atoms with Gasteiger partial charge in [-0.1, -0.05) is 58.0 Å². The second kappa shape index (κ2) is 13.6. The molecule has 3 atom stereocenters. The van der Waals surface area contributed by atoms with Crippen molar-refractivity contribution in [3.05, 3.63) is 70.1 Å². The van der Waals surface area contributed by atoms with Crippen LogP contribution < -0.4 is 26.8 Å². The SMILES string of the molecule is CCC(NC(=O)C(C)NCC(C=O)(NC(=O)c1cc[nH]c(=O)c1)C(C)(C)C)C(=O)C(=O)NCc1ccccc1. The van der Waals surface area contributed by atoms with E-state index in [0.717, 1.165) is 11.6 Å². The topological polar surface area (TPSA) is 166 Å². The molecule has 210 valence electrons. The molecule has 0 radical (unpaired) electrons. The van der Waals surface area contributed by atoms with Crippen molar-refractivity contribution in [2.24, 2.45) is 5.41 Å². The molecule has 3 amide bonds. The zero-order chi connectivity index (χ0) is 29.2. The summed E-state index contributed by atoms with van der Waals surface area (Å²) in [5.74, 6) is -2.75. The lowest BCUT2D eigenvalue weighted by atomic mass is 9.74. The number of aromatic amines is 1. The number of nitrogens with one attached hydrogen (secondary N) is 5. The van der Waals surface area contributed by atoms with Crippen LogP contribution in [0.1, 0.15) is 57.0 Å².